The van der Waals surface area contributed by atoms with Crippen molar-refractivity contribution in [3.63, 3.8) is 0 Å². The zero-order valence-electron chi connectivity index (χ0n) is 7.23. The number of carbonyl (C=O) groups is 2. The van der Waals surface area contributed by atoms with Crippen LogP contribution in [-0.4, -0.2) is 16.6 Å². The zero-order chi connectivity index (χ0) is 9.14. The van der Waals surface area contributed by atoms with E-state index in [-0.39, 0.29) is 12.4 Å². The summed E-state index contributed by atoms with van der Waals surface area (Å²) in [6.45, 7) is 1.18. The molecule has 1 aromatic rings. The minimum absolute atomic E-state index is 0. The fraction of sp³-hybridized carbons (Fsp3) is 0.286. The third-order valence-electron chi connectivity index (χ3n) is 1.21. The van der Waals surface area contributed by atoms with Gasteiger partial charge in [-0.1, -0.05) is 0 Å². The summed E-state index contributed by atoms with van der Waals surface area (Å²) in [6.07, 6.45) is 3.99. The molecular formula is C7H9ClN2O3. The number of aromatic nitrogens is 2. The zero-order valence-corrected chi connectivity index (χ0v) is 7.99. The molecule has 0 radical (unpaired) electrons. The van der Waals surface area contributed by atoms with Gasteiger partial charge in [-0.2, -0.15) is 4.79 Å². The molecule has 13 heavy (non-hydrogen) atoms. The molecule has 5 nitrogen and oxygen atoms in total. The largest absolute Gasteiger partial charge is 1.00 e. The van der Waals surface area contributed by atoms with Crippen molar-refractivity contribution in [2.24, 2.45) is 7.05 Å². The van der Waals surface area contributed by atoms with Crippen LogP contribution in [0.2, 0.25) is 0 Å². The monoisotopic (exact) mass is 204 g/mol. The normalized spacial score (nSPS) is 8.77. The van der Waals surface area contributed by atoms with E-state index in [0.29, 0.717) is 0 Å². The summed E-state index contributed by atoms with van der Waals surface area (Å²) in [5.74, 6) is -0.614. The van der Waals surface area contributed by atoms with Gasteiger partial charge in [-0.25, -0.2) is 4.57 Å². The van der Waals surface area contributed by atoms with Crippen molar-refractivity contribution in [2.75, 3.05) is 0 Å². The second-order valence-corrected chi connectivity index (χ2v) is 2.35. The van der Waals surface area contributed by atoms with Gasteiger partial charge < -0.3 is 17.1 Å². The molecule has 0 fully saturated rings. The Balaban J connectivity index is 0.00000144. The van der Waals surface area contributed by atoms with Crippen molar-refractivity contribution < 1.29 is 31.3 Å². The van der Waals surface area contributed by atoms with Crippen molar-refractivity contribution in [1.29, 1.82) is 0 Å². The van der Waals surface area contributed by atoms with E-state index in [1.807, 2.05) is 0 Å². The molecule has 0 aliphatic rings. The summed E-state index contributed by atoms with van der Waals surface area (Å²) in [5, 5.41) is 0. The molecule has 0 aliphatic carbocycles. The lowest BCUT2D eigenvalue weighted by Gasteiger charge is -1.91. The molecule has 0 aliphatic heterocycles. The van der Waals surface area contributed by atoms with Crippen LogP contribution in [0.25, 0.3) is 0 Å². The lowest BCUT2D eigenvalue weighted by Crippen LogP contribution is -3.00. The molecule has 0 bridgehead atoms. The fourth-order valence-electron chi connectivity index (χ4n) is 0.734. The number of aryl methyl sites for hydroxylation is 1. The van der Waals surface area contributed by atoms with Crippen molar-refractivity contribution in [2.45, 2.75) is 6.92 Å². The van der Waals surface area contributed by atoms with Crippen LogP contribution in [0.1, 0.15) is 6.92 Å². The van der Waals surface area contributed by atoms with Crippen LogP contribution < -0.4 is 17.0 Å². The standard InChI is InChI=1S/C7H9N2O3.ClH/c1-6(10)12-7(11)9-4-3-8(2)5-9;/h3-5H,1-2H3;1H/q+1;/p-1. The SMILES string of the molecule is CC(=O)OC(=O)[n+]1ccn(C)c1.[Cl-]. The van der Waals surface area contributed by atoms with Crippen LogP contribution in [-0.2, 0) is 16.6 Å². The Morgan fingerprint density at radius 2 is 2.08 bits per heavy atom. The number of rotatable bonds is 0. The van der Waals surface area contributed by atoms with E-state index in [1.165, 1.54) is 24.0 Å². The first-order valence-electron chi connectivity index (χ1n) is 3.35. The first kappa shape index (κ1) is 11.6. The molecule has 6 heteroatoms. The highest BCUT2D eigenvalue weighted by molar-refractivity contribution is 5.78. The van der Waals surface area contributed by atoms with Gasteiger partial charge in [0.2, 0.25) is 0 Å². The van der Waals surface area contributed by atoms with Crippen LogP contribution in [0.4, 0.5) is 4.79 Å². The Morgan fingerprint density at radius 3 is 2.46 bits per heavy atom. The number of carbonyl (C=O) groups excluding carboxylic acids is 2. The Kier molecular flexibility index (Phi) is 4.13. The number of nitrogens with zero attached hydrogens (tertiary/aromatic N) is 2. The first-order chi connectivity index (χ1) is 5.59. The topological polar surface area (TPSA) is 52.2 Å². The number of esters is 1. The van der Waals surface area contributed by atoms with E-state index in [4.69, 9.17) is 0 Å². The number of hydrogen-bond donors (Lipinski definition) is 0. The van der Waals surface area contributed by atoms with E-state index in [2.05, 4.69) is 4.74 Å². The van der Waals surface area contributed by atoms with Crippen molar-refractivity contribution in [3.8, 4) is 0 Å². The first-order valence-corrected chi connectivity index (χ1v) is 3.35. The van der Waals surface area contributed by atoms with Gasteiger partial charge in [0.25, 0.3) is 6.33 Å². The quantitative estimate of drug-likeness (QED) is 0.255. The highest BCUT2D eigenvalue weighted by atomic mass is 35.5. The Bertz CT molecular complexity index is 321. The van der Waals surface area contributed by atoms with Gasteiger partial charge in [0.15, 0.2) is 0 Å². The summed E-state index contributed by atoms with van der Waals surface area (Å²) in [7, 11) is 1.76. The maximum Gasteiger partial charge on any atom is 0.519 e. The molecule has 0 saturated carbocycles. The van der Waals surface area contributed by atoms with E-state index in [0.717, 1.165) is 0 Å². The molecule has 0 amide bonds. The van der Waals surface area contributed by atoms with Crippen molar-refractivity contribution in [1.82, 2.24) is 4.57 Å². The van der Waals surface area contributed by atoms with Gasteiger partial charge in [-0.15, -0.1) is 4.57 Å². The van der Waals surface area contributed by atoms with Crippen LogP contribution in [0.5, 0.6) is 0 Å². The maximum absolute atomic E-state index is 11.0. The van der Waals surface area contributed by atoms with Crippen LogP contribution >= 0.6 is 0 Å². The van der Waals surface area contributed by atoms with E-state index < -0.39 is 12.1 Å². The van der Waals surface area contributed by atoms with E-state index in [1.54, 1.807) is 17.8 Å². The second kappa shape index (κ2) is 4.61. The van der Waals surface area contributed by atoms with Gasteiger partial charge in [-0.3, -0.25) is 4.79 Å². The third kappa shape index (κ3) is 3.25. The fourth-order valence-corrected chi connectivity index (χ4v) is 0.734. The highest BCUT2D eigenvalue weighted by Gasteiger charge is 2.14. The lowest BCUT2D eigenvalue weighted by atomic mass is 10.8. The molecule has 0 saturated heterocycles. The molecule has 72 valence electrons. The van der Waals surface area contributed by atoms with E-state index >= 15 is 0 Å². The molecule has 0 atom stereocenters. The number of imidazole rings is 1. The predicted octanol–water partition coefficient (Wildman–Crippen LogP) is -3.15. The summed E-state index contributed by atoms with van der Waals surface area (Å²) in [4.78, 5) is 21.3. The van der Waals surface area contributed by atoms with Crippen LogP contribution in [0.3, 0.4) is 0 Å². The number of ether oxygens (including phenoxy) is 1. The second-order valence-electron chi connectivity index (χ2n) is 2.35. The molecule has 0 aromatic carbocycles. The third-order valence-corrected chi connectivity index (χ3v) is 1.21. The summed E-state index contributed by atoms with van der Waals surface area (Å²) in [5.41, 5.74) is 0. The van der Waals surface area contributed by atoms with Gasteiger partial charge in [0.1, 0.15) is 12.4 Å². The summed E-state index contributed by atoms with van der Waals surface area (Å²) >= 11 is 0. The van der Waals surface area contributed by atoms with Gasteiger partial charge >= 0.3 is 12.1 Å². The molecule has 0 unspecified atom stereocenters. The molecule has 0 spiro atoms. The molecule has 0 N–H and O–H groups in total. The van der Waals surface area contributed by atoms with Crippen molar-refractivity contribution in [3.05, 3.63) is 18.7 Å². The van der Waals surface area contributed by atoms with Crippen molar-refractivity contribution >= 4 is 12.1 Å². The Hall–Kier alpha value is -1.36. The van der Waals surface area contributed by atoms with Crippen LogP contribution in [0, 0.1) is 0 Å². The maximum atomic E-state index is 11.0. The average Bonchev–Trinajstić information content (AvgIpc) is 2.34. The van der Waals surface area contributed by atoms with E-state index in [9.17, 15) is 9.59 Å². The van der Waals surface area contributed by atoms with Crippen LogP contribution in [0.15, 0.2) is 18.7 Å². The van der Waals surface area contributed by atoms with Gasteiger partial charge in [0.05, 0.1) is 7.05 Å². The molecule has 1 heterocycles. The Labute approximate surface area is 81.3 Å². The number of hydrogen-bond acceptors (Lipinski definition) is 3. The summed E-state index contributed by atoms with van der Waals surface area (Å²) < 4.78 is 7.17. The lowest BCUT2D eigenvalue weighted by molar-refractivity contribution is -0.582. The average molecular weight is 205 g/mol. The highest BCUT2D eigenvalue weighted by Crippen LogP contribution is 1.81. The van der Waals surface area contributed by atoms with Gasteiger partial charge in [0, 0.05) is 6.92 Å². The predicted molar refractivity (Wildman–Crippen MR) is 38.2 cm³/mol. The minimum Gasteiger partial charge on any atom is -1.00 e. The number of halogens is 1. The van der Waals surface area contributed by atoms with Gasteiger partial charge in [-0.05, 0) is 0 Å². The minimum atomic E-state index is -0.692. The smallest absolute Gasteiger partial charge is 0.519 e. The summed E-state index contributed by atoms with van der Waals surface area (Å²) in [6, 6.07) is 0. The molecule has 1 rings (SSSR count). The molecule has 1 aromatic heterocycles. The Morgan fingerprint density at radius 1 is 1.46 bits per heavy atom. The molecular weight excluding hydrogens is 196 g/mol.